The molecular formula is C11H21NS. The quantitative estimate of drug-likeness (QED) is 0.686. The molecule has 0 aromatic carbocycles. The molecule has 0 aromatic heterocycles. The van der Waals surface area contributed by atoms with Crippen LogP contribution in [-0.4, -0.2) is 36.0 Å². The molecule has 0 spiro atoms. The number of hydrogen-bond acceptors (Lipinski definition) is 2. The van der Waals surface area contributed by atoms with E-state index in [1.165, 1.54) is 26.1 Å². The van der Waals surface area contributed by atoms with Gasteiger partial charge in [0.2, 0.25) is 0 Å². The fourth-order valence-electron chi connectivity index (χ4n) is 3.02. The lowest BCUT2D eigenvalue weighted by atomic mass is 9.65. The standard InChI is InChI=1S/C11H21NS/c1-4-12-6-9-5-10(8(2)13-3)11(9)7-12/h8-11H,4-7H2,1-3H3. The van der Waals surface area contributed by atoms with E-state index in [9.17, 15) is 0 Å². The van der Waals surface area contributed by atoms with Gasteiger partial charge in [0.15, 0.2) is 0 Å². The van der Waals surface area contributed by atoms with E-state index in [4.69, 9.17) is 0 Å². The summed E-state index contributed by atoms with van der Waals surface area (Å²) in [6.45, 7) is 8.72. The molecule has 0 N–H and O–H groups in total. The molecule has 76 valence electrons. The topological polar surface area (TPSA) is 3.24 Å². The molecule has 1 saturated heterocycles. The molecule has 2 heteroatoms. The van der Waals surface area contributed by atoms with Crippen molar-refractivity contribution in [1.29, 1.82) is 0 Å². The van der Waals surface area contributed by atoms with E-state index in [1.54, 1.807) is 0 Å². The molecule has 4 unspecified atom stereocenters. The van der Waals surface area contributed by atoms with Gasteiger partial charge in [0.05, 0.1) is 0 Å². The first-order chi connectivity index (χ1) is 6.26. The molecule has 2 fully saturated rings. The van der Waals surface area contributed by atoms with Crippen LogP contribution in [-0.2, 0) is 0 Å². The van der Waals surface area contributed by atoms with Crippen molar-refractivity contribution in [3.63, 3.8) is 0 Å². The summed E-state index contributed by atoms with van der Waals surface area (Å²) in [6.07, 6.45) is 3.76. The van der Waals surface area contributed by atoms with Gasteiger partial charge in [-0.05, 0) is 37.0 Å². The molecule has 1 aliphatic carbocycles. The third kappa shape index (κ3) is 1.63. The van der Waals surface area contributed by atoms with Crippen molar-refractivity contribution in [1.82, 2.24) is 4.90 Å². The van der Waals surface area contributed by atoms with E-state index in [2.05, 4.69) is 25.0 Å². The summed E-state index contributed by atoms with van der Waals surface area (Å²) in [4.78, 5) is 2.63. The van der Waals surface area contributed by atoms with Gasteiger partial charge in [-0.3, -0.25) is 0 Å². The van der Waals surface area contributed by atoms with Gasteiger partial charge in [-0.15, -0.1) is 0 Å². The van der Waals surface area contributed by atoms with Crippen molar-refractivity contribution < 1.29 is 0 Å². The fraction of sp³-hybridized carbons (Fsp3) is 1.00. The van der Waals surface area contributed by atoms with Crippen LogP contribution in [0.5, 0.6) is 0 Å². The van der Waals surface area contributed by atoms with Gasteiger partial charge in [-0.25, -0.2) is 0 Å². The van der Waals surface area contributed by atoms with Gasteiger partial charge in [0, 0.05) is 18.3 Å². The summed E-state index contributed by atoms with van der Waals surface area (Å²) >= 11 is 2.05. The lowest BCUT2D eigenvalue weighted by molar-refractivity contribution is 0.123. The summed E-state index contributed by atoms with van der Waals surface area (Å²) in [5.74, 6) is 3.12. The SMILES string of the molecule is CCN1CC2CC(C(C)SC)C2C1. The van der Waals surface area contributed by atoms with Gasteiger partial charge in [0.25, 0.3) is 0 Å². The summed E-state index contributed by atoms with van der Waals surface area (Å²) in [6, 6.07) is 0. The molecule has 4 atom stereocenters. The van der Waals surface area contributed by atoms with Crippen LogP contribution in [0.3, 0.4) is 0 Å². The van der Waals surface area contributed by atoms with E-state index in [1.807, 2.05) is 11.8 Å². The molecule has 2 aliphatic rings. The first-order valence-corrected chi connectivity index (χ1v) is 6.80. The highest BCUT2D eigenvalue weighted by molar-refractivity contribution is 7.99. The third-order valence-corrected chi connectivity index (χ3v) is 5.21. The van der Waals surface area contributed by atoms with E-state index in [0.29, 0.717) is 0 Å². The second kappa shape index (κ2) is 3.82. The number of thioether (sulfide) groups is 1. The summed E-state index contributed by atoms with van der Waals surface area (Å²) in [5, 5.41) is 0.887. The predicted octanol–water partition coefficient (Wildman–Crippen LogP) is 2.33. The zero-order chi connectivity index (χ0) is 9.42. The number of rotatable bonds is 3. The summed E-state index contributed by atoms with van der Waals surface area (Å²) in [7, 11) is 0. The van der Waals surface area contributed by atoms with Crippen molar-refractivity contribution in [2.45, 2.75) is 25.5 Å². The lowest BCUT2D eigenvalue weighted by Crippen LogP contribution is -2.40. The van der Waals surface area contributed by atoms with Gasteiger partial charge >= 0.3 is 0 Å². The largest absolute Gasteiger partial charge is 0.303 e. The maximum absolute atomic E-state index is 2.63. The minimum atomic E-state index is 0.887. The maximum atomic E-state index is 2.63. The molecule has 1 saturated carbocycles. The monoisotopic (exact) mass is 199 g/mol. The highest BCUT2D eigenvalue weighted by Crippen LogP contribution is 2.49. The van der Waals surface area contributed by atoms with Crippen LogP contribution in [0.2, 0.25) is 0 Å². The molecular weight excluding hydrogens is 178 g/mol. The van der Waals surface area contributed by atoms with Gasteiger partial charge in [0.1, 0.15) is 0 Å². The second-order valence-corrected chi connectivity index (χ2v) is 5.83. The minimum absolute atomic E-state index is 0.887. The van der Waals surface area contributed by atoms with Gasteiger partial charge in [-0.1, -0.05) is 13.8 Å². The number of fused-ring (bicyclic) bond motifs is 1. The Kier molecular flexibility index (Phi) is 2.89. The Morgan fingerprint density at radius 2 is 2.23 bits per heavy atom. The number of hydrogen-bond donors (Lipinski definition) is 0. The molecule has 0 aromatic rings. The van der Waals surface area contributed by atoms with E-state index >= 15 is 0 Å². The van der Waals surface area contributed by atoms with Crippen molar-refractivity contribution in [2.75, 3.05) is 25.9 Å². The zero-order valence-electron chi connectivity index (χ0n) is 8.99. The van der Waals surface area contributed by atoms with Crippen molar-refractivity contribution in [3.05, 3.63) is 0 Å². The molecule has 0 radical (unpaired) electrons. The average molecular weight is 199 g/mol. The van der Waals surface area contributed by atoms with E-state index in [-0.39, 0.29) is 0 Å². The highest BCUT2D eigenvalue weighted by atomic mass is 32.2. The van der Waals surface area contributed by atoms with E-state index in [0.717, 1.165) is 23.0 Å². The molecule has 13 heavy (non-hydrogen) atoms. The Balaban J connectivity index is 1.88. The Morgan fingerprint density at radius 1 is 1.46 bits per heavy atom. The molecule has 1 aliphatic heterocycles. The molecule has 2 rings (SSSR count). The van der Waals surface area contributed by atoms with Crippen molar-refractivity contribution >= 4 is 11.8 Å². The fourth-order valence-corrected chi connectivity index (χ4v) is 3.69. The summed E-state index contributed by atoms with van der Waals surface area (Å²) < 4.78 is 0. The van der Waals surface area contributed by atoms with Gasteiger partial charge < -0.3 is 4.90 Å². The van der Waals surface area contributed by atoms with E-state index < -0.39 is 0 Å². The molecule has 0 amide bonds. The molecule has 1 nitrogen and oxygen atoms in total. The second-order valence-electron chi connectivity index (χ2n) is 4.62. The smallest absolute Gasteiger partial charge is 0.00475 e. The first kappa shape index (κ1) is 9.85. The van der Waals surface area contributed by atoms with Gasteiger partial charge in [-0.2, -0.15) is 11.8 Å². The van der Waals surface area contributed by atoms with Crippen LogP contribution < -0.4 is 0 Å². The van der Waals surface area contributed by atoms with Crippen LogP contribution in [0.25, 0.3) is 0 Å². The van der Waals surface area contributed by atoms with Crippen LogP contribution in [0.15, 0.2) is 0 Å². The van der Waals surface area contributed by atoms with Crippen LogP contribution >= 0.6 is 11.8 Å². The predicted molar refractivity (Wildman–Crippen MR) is 60.2 cm³/mol. The Labute approximate surface area is 86.3 Å². The Hall–Kier alpha value is 0.310. The lowest BCUT2D eigenvalue weighted by Gasteiger charge is -2.42. The first-order valence-electron chi connectivity index (χ1n) is 5.51. The maximum Gasteiger partial charge on any atom is 0.00475 e. The molecule has 1 heterocycles. The Morgan fingerprint density at radius 3 is 2.85 bits per heavy atom. The van der Waals surface area contributed by atoms with Crippen LogP contribution in [0, 0.1) is 17.8 Å². The summed E-state index contributed by atoms with van der Waals surface area (Å²) in [5.41, 5.74) is 0. The Bertz CT molecular complexity index is 183. The third-order valence-electron chi connectivity index (χ3n) is 4.11. The average Bonchev–Trinajstić information content (AvgIpc) is 2.44. The highest BCUT2D eigenvalue weighted by Gasteiger charge is 2.47. The number of nitrogens with zero attached hydrogens (tertiary/aromatic N) is 1. The van der Waals surface area contributed by atoms with Crippen molar-refractivity contribution in [3.8, 4) is 0 Å². The van der Waals surface area contributed by atoms with Crippen LogP contribution in [0.4, 0.5) is 0 Å². The zero-order valence-corrected chi connectivity index (χ0v) is 9.81. The minimum Gasteiger partial charge on any atom is -0.303 e. The number of likely N-dealkylation sites (tertiary alicyclic amines) is 1. The van der Waals surface area contributed by atoms with Crippen LogP contribution in [0.1, 0.15) is 20.3 Å². The molecule has 0 bridgehead atoms. The van der Waals surface area contributed by atoms with Crippen molar-refractivity contribution in [2.24, 2.45) is 17.8 Å². The normalized spacial score (nSPS) is 41.3.